The maximum absolute atomic E-state index is 13.5. The van der Waals surface area contributed by atoms with Crippen molar-refractivity contribution in [2.24, 2.45) is 0 Å². The predicted octanol–water partition coefficient (Wildman–Crippen LogP) is 12.7. The maximum atomic E-state index is 13.5. The van der Waals surface area contributed by atoms with E-state index in [0.29, 0.717) is 12.8 Å². The van der Waals surface area contributed by atoms with E-state index in [9.17, 15) is 61.0 Å². The van der Waals surface area contributed by atoms with Crippen molar-refractivity contribution in [1.29, 1.82) is 0 Å². The van der Waals surface area contributed by atoms with E-state index >= 15 is 0 Å². The molecule has 0 aromatic carbocycles. The molecule has 1 amide bonds. The SMILES string of the molecule is CC/C=C\C/C=C\C/C=C\C/C=C\C/C=C\C/C=C\C/C=C\C/C=C\CCCCCCCCCCCCC(=O)NC(COC1OC(CO)C(OC2OC(CO)C(OC3OC(CO)C(O)C(O)C3O)C(O)C2O)C(O)C1O)C(O)/C=C/CC/C=C/CCCCCCCCCCCCCCCCC. The number of aliphatic hydroxyl groups is 11. The number of carbonyl (C=O) groups is 1. The van der Waals surface area contributed by atoms with Gasteiger partial charge in [-0.1, -0.05) is 277 Å². The lowest BCUT2D eigenvalue weighted by Crippen LogP contribution is -2.66. The van der Waals surface area contributed by atoms with E-state index in [1.807, 2.05) is 6.08 Å². The summed E-state index contributed by atoms with van der Waals surface area (Å²) in [5.74, 6) is -0.293. The standard InChI is InChI=1S/C82H139NO18/c1-3-5-7-9-11-13-15-17-19-21-23-25-26-27-28-29-30-31-32-33-34-35-36-37-38-40-42-44-46-48-50-52-54-56-58-60-70(88)83-65(66(87)59-57-55-53-51-49-47-45-43-41-39-24-22-20-18-16-14-12-10-8-6-4-2)64-96-80-76(94)73(91)78(68(62-85)98-80)101-82-77(95)74(92)79(69(63-86)99-82)100-81-75(93)72(90)71(89)67(61-84)97-81/h5,7,11,13,17,19,23,25,27-28,30-31,33-34,36-37,49,51,57,59,65-69,71-82,84-87,89-95H,3-4,6,8-10,12,14-16,18,20-22,24,26,29,32,35,38-48,50,52-56,58,60-64H2,1-2H3,(H,83,88)/b7-5-,13-11-,19-17-,25-23-,28-27-,31-30-,34-33-,37-36-,51-49+,59-57+. The zero-order chi connectivity index (χ0) is 73.2. The van der Waals surface area contributed by atoms with Gasteiger partial charge < -0.3 is 89.9 Å². The number of carbonyl (C=O) groups excluding carboxylic acids is 1. The highest BCUT2D eigenvalue weighted by molar-refractivity contribution is 5.76. The second-order valence-electron chi connectivity index (χ2n) is 27.4. The van der Waals surface area contributed by atoms with Crippen LogP contribution >= 0.6 is 0 Å². The van der Waals surface area contributed by atoms with Crippen LogP contribution in [-0.4, -0.2) is 193 Å². The summed E-state index contributed by atoms with van der Waals surface area (Å²) < 4.78 is 34.4. The zero-order valence-corrected chi connectivity index (χ0v) is 61.8. The summed E-state index contributed by atoms with van der Waals surface area (Å²) in [6, 6.07) is -1.00. The summed E-state index contributed by atoms with van der Waals surface area (Å²) in [6.07, 6.45) is 58.9. The Morgan fingerprint density at radius 2 is 0.693 bits per heavy atom. The van der Waals surface area contributed by atoms with Gasteiger partial charge in [-0.05, 0) is 96.3 Å². The Kier molecular flexibility index (Phi) is 55.5. The Bertz CT molecular complexity index is 2300. The van der Waals surface area contributed by atoms with Gasteiger partial charge in [0.05, 0.1) is 38.6 Å². The van der Waals surface area contributed by atoms with Crippen LogP contribution in [0.15, 0.2) is 122 Å². The first-order valence-electron chi connectivity index (χ1n) is 39.3. The van der Waals surface area contributed by atoms with Crippen LogP contribution in [0.3, 0.4) is 0 Å². The second-order valence-corrected chi connectivity index (χ2v) is 27.4. The molecule has 580 valence electrons. The van der Waals surface area contributed by atoms with E-state index in [1.165, 1.54) is 122 Å². The van der Waals surface area contributed by atoms with Crippen LogP contribution in [0.1, 0.15) is 258 Å². The van der Waals surface area contributed by atoms with Gasteiger partial charge in [-0.25, -0.2) is 0 Å². The van der Waals surface area contributed by atoms with Gasteiger partial charge in [0.15, 0.2) is 18.9 Å². The first-order chi connectivity index (χ1) is 49.3. The van der Waals surface area contributed by atoms with E-state index in [4.69, 9.17) is 28.4 Å². The van der Waals surface area contributed by atoms with E-state index in [1.54, 1.807) is 6.08 Å². The third kappa shape index (κ3) is 41.6. The highest BCUT2D eigenvalue weighted by atomic mass is 16.8. The lowest BCUT2D eigenvalue weighted by Gasteiger charge is -2.48. The number of hydrogen-bond donors (Lipinski definition) is 12. The van der Waals surface area contributed by atoms with Crippen molar-refractivity contribution in [2.75, 3.05) is 26.4 Å². The average molecular weight is 1430 g/mol. The maximum Gasteiger partial charge on any atom is 0.220 e. The molecule has 12 N–H and O–H groups in total. The summed E-state index contributed by atoms with van der Waals surface area (Å²) in [6.45, 7) is 1.60. The van der Waals surface area contributed by atoms with Crippen LogP contribution < -0.4 is 5.32 Å². The smallest absolute Gasteiger partial charge is 0.220 e. The summed E-state index contributed by atoms with van der Waals surface area (Å²) >= 11 is 0. The Hall–Kier alpha value is -3.81. The minimum Gasteiger partial charge on any atom is -0.394 e. The van der Waals surface area contributed by atoms with Crippen molar-refractivity contribution in [3.8, 4) is 0 Å². The quantitative estimate of drug-likeness (QED) is 0.0199. The minimum atomic E-state index is -1.99. The average Bonchev–Trinajstić information content (AvgIpc) is 0.782. The largest absolute Gasteiger partial charge is 0.394 e. The number of rotatable bonds is 60. The normalized spacial score (nSPS) is 27.0. The highest BCUT2D eigenvalue weighted by Gasteiger charge is 2.53. The van der Waals surface area contributed by atoms with Crippen LogP contribution in [0.5, 0.6) is 0 Å². The van der Waals surface area contributed by atoms with Gasteiger partial charge in [0, 0.05) is 6.42 Å². The van der Waals surface area contributed by atoms with Crippen molar-refractivity contribution in [1.82, 2.24) is 5.32 Å². The van der Waals surface area contributed by atoms with Crippen molar-refractivity contribution in [3.05, 3.63) is 122 Å². The third-order valence-corrected chi connectivity index (χ3v) is 18.7. The first kappa shape index (κ1) is 91.4. The fraction of sp³-hybridized carbons (Fsp3) is 0.744. The molecule has 19 nitrogen and oxygen atoms in total. The van der Waals surface area contributed by atoms with Gasteiger partial charge in [0.1, 0.15) is 73.2 Å². The van der Waals surface area contributed by atoms with Crippen LogP contribution in [0.2, 0.25) is 0 Å². The molecule has 19 heteroatoms. The van der Waals surface area contributed by atoms with Crippen LogP contribution in [-0.2, 0) is 33.2 Å². The van der Waals surface area contributed by atoms with Gasteiger partial charge >= 0.3 is 0 Å². The minimum absolute atomic E-state index is 0.223. The molecular weight excluding hydrogens is 1290 g/mol. The summed E-state index contributed by atoms with van der Waals surface area (Å²) in [4.78, 5) is 13.5. The number of amides is 1. The number of allylic oxidation sites excluding steroid dienone is 19. The third-order valence-electron chi connectivity index (χ3n) is 18.7. The molecule has 17 atom stereocenters. The predicted molar refractivity (Wildman–Crippen MR) is 401 cm³/mol. The highest BCUT2D eigenvalue weighted by Crippen LogP contribution is 2.33. The lowest BCUT2D eigenvalue weighted by atomic mass is 9.96. The van der Waals surface area contributed by atoms with Gasteiger partial charge in [-0.3, -0.25) is 4.79 Å². The van der Waals surface area contributed by atoms with Crippen LogP contribution in [0, 0.1) is 0 Å². The van der Waals surface area contributed by atoms with Crippen molar-refractivity contribution < 1.29 is 89.4 Å². The monoisotopic (exact) mass is 1430 g/mol. The van der Waals surface area contributed by atoms with Gasteiger partial charge in [-0.15, -0.1) is 0 Å². The molecule has 3 heterocycles. The molecule has 0 saturated carbocycles. The van der Waals surface area contributed by atoms with Crippen LogP contribution in [0.25, 0.3) is 0 Å². The summed E-state index contributed by atoms with van der Waals surface area (Å²) in [5.41, 5.74) is 0. The molecule has 0 aromatic rings. The Morgan fingerprint density at radius 3 is 1.11 bits per heavy atom. The van der Waals surface area contributed by atoms with Gasteiger partial charge in [0.25, 0.3) is 0 Å². The van der Waals surface area contributed by atoms with E-state index in [2.05, 4.69) is 129 Å². The molecule has 0 spiro atoms. The number of aliphatic hydroxyl groups excluding tert-OH is 11. The molecule has 3 rings (SSSR count). The summed E-state index contributed by atoms with van der Waals surface area (Å²) in [7, 11) is 0. The van der Waals surface area contributed by atoms with Crippen LogP contribution in [0.4, 0.5) is 0 Å². The number of nitrogens with one attached hydrogen (secondary N) is 1. The second kappa shape index (κ2) is 61.4. The molecule has 0 radical (unpaired) electrons. The molecule has 17 unspecified atom stereocenters. The topological polar surface area (TPSA) is 307 Å². The molecule has 0 aliphatic carbocycles. The zero-order valence-electron chi connectivity index (χ0n) is 61.8. The van der Waals surface area contributed by atoms with Gasteiger partial charge in [-0.2, -0.15) is 0 Å². The molecular formula is C82H139NO18. The van der Waals surface area contributed by atoms with Gasteiger partial charge in [0.2, 0.25) is 5.91 Å². The number of hydrogen-bond acceptors (Lipinski definition) is 18. The van der Waals surface area contributed by atoms with E-state index < -0.39 is 124 Å². The molecule has 3 fully saturated rings. The van der Waals surface area contributed by atoms with Crippen molar-refractivity contribution in [3.63, 3.8) is 0 Å². The molecule has 3 saturated heterocycles. The van der Waals surface area contributed by atoms with E-state index in [-0.39, 0.29) is 18.9 Å². The molecule has 3 aliphatic rings. The first-order valence-corrected chi connectivity index (χ1v) is 39.3. The van der Waals surface area contributed by atoms with Crippen molar-refractivity contribution >= 4 is 5.91 Å². The molecule has 3 aliphatic heterocycles. The molecule has 0 aromatic heterocycles. The molecule has 101 heavy (non-hydrogen) atoms. The number of unbranched alkanes of at least 4 members (excludes halogenated alkanes) is 26. The Morgan fingerprint density at radius 1 is 0.366 bits per heavy atom. The van der Waals surface area contributed by atoms with Crippen molar-refractivity contribution in [2.45, 2.75) is 362 Å². The molecule has 0 bridgehead atoms. The Labute approximate surface area is 608 Å². The van der Waals surface area contributed by atoms with E-state index in [0.717, 1.165) is 103 Å². The summed E-state index contributed by atoms with van der Waals surface area (Å²) in [5, 5.41) is 121. The Balaban J connectivity index is 1.38. The lowest BCUT2D eigenvalue weighted by molar-refractivity contribution is -0.379. The fourth-order valence-corrected chi connectivity index (χ4v) is 12.5. The number of ether oxygens (including phenoxy) is 6. The fourth-order valence-electron chi connectivity index (χ4n) is 12.5.